The van der Waals surface area contributed by atoms with Crippen molar-refractivity contribution in [1.82, 2.24) is 9.80 Å². The first-order valence-electron chi connectivity index (χ1n) is 4.75. The van der Waals surface area contributed by atoms with Crippen molar-refractivity contribution in [3.8, 4) is 0 Å². The van der Waals surface area contributed by atoms with Crippen LogP contribution in [0, 0.1) is 5.41 Å². The third kappa shape index (κ3) is 1.20. The Morgan fingerprint density at radius 1 is 1.43 bits per heavy atom. The second kappa shape index (κ2) is 3.08. The molecule has 1 unspecified atom stereocenters. The molecule has 14 heavy (non-hydrogen) atoms. The van der Waals surface area contributed by atoms with Gasteiger partial charge in [0.25, 0.3) is 5.91 Å². The maximum absolute atomic E-state index is 11.6. The van der Waals surface area contributed by atoms with Gasteiger partial charge in [0, 0.05) is 20.0 Å². The van der Waals surface area contributed by atoms with Gasteiger partial charge < -0.3 is 4.90 Å². The molecular weight excluding hydrogens is 182 g/mol. The molecular formula is C9H13N3O2. The summed E-state index contributed by atoms with van der Waals surface area (Å²) < 4.78 is 0. The SMILES string of the molecule is CN1C(=O)CC(N2CCCC2=N)C1=O. The van der Waals surface area contributed by atoms with Crippen LogP contribution in [0.2, 0.25) is 0 Å². The van der Waals surface area contributed by atoms with E-state index in [0.717, 1.165) is 24.3 Å². The van der Waals surface area contributed by atoms with E-state index < -0.39 is 6.04 Å². The van der Waals surface area contributed by atoms with Crippen LogP contribution in [-0.4, -0.2) is 47.1 Å². The van der Waals surface area contributed by atoms with Gasteiger partial charge in [0.1, 0.15) is 6.04 Å². The van der Waals surface area contributed by atoms with Crippen LogP contribution in [-0.2, 0) is 9.59 Å². The molecule has 0 aromatic heterocycles. The third-order valence-electron chi connectivity index (χ3n) is 2.89. The summed E-state index contributed by atoms with van der Waals surface area (Å²) in [5.74, 6) is 0.188. The number of carbonyl (C=O) groups is 2. The molecule has 76 valence electrons. The Kier molecular flexibility index (Phi) is 2.02. The van der Waals surface area contributed by atoms with Gasteiger partial charge in [0.15, 0.2) is 0 Å². The summed E-state index contributed by atoms with van der Waals surface area (Å²) in [5, 5.41) is 7.64. The largest absolute Gasteiger partial charge is 0.348 e. The topological polar surface area (TPSA) is 64.5 Å². The van der Waals surface area contributed by atoms with E-state index in [0.29, 0.717) is 5.84 Å². The molecule has 2 aliphatic heterocycles. The van der Waals surface area contributed by atoms with Gasteiger partial charge in [0.2, 0.25) is 5.91 Å². The van der Waals surface area contributed by atoms with Crippen molar-refractivity contribution in [2.45, 2.75) is 25.3 Å². The van der Waals surface area contributed by atoms with E-state index in [1.807, 2.05) is 0 Å². The molecule has 5 nitrogen and oxygen atoms in total. The molecule has 0 aliphatic carbocycles. The minimum absolute atomic E-state index is 0.139. The normalized spacial score (nSPS) is 28.1. The Morgan fingerprint density at radius 3 is 2.57 bits per heavy atom. The number of imide groups is 1. The molecule has 2 saturated heterocycles. The van der Waals surface area contributed by atoms with Gasteiger partial charge in [0.05, 0.1) is 12.3 Å². The fraction of sp³-hybridized carbons (Fsp3) is 0.667. The van der Waals surface area contributed by atoms with Crippen LogP contribution in [0.15, 0.2) is 0 Å². The highest BCUT2D eigenvalue weighted by molar-refractivity contribution is 6.06. The molecule has 2 fully saturated rings. The molecule has 2 aliphatic rings. The van der Waals surface area contributed by atoms with Crippen molar-refractivity contribution in [1.29, 1.82) is 5.41 Å². The van der Waals surface area contributed by atoms with Crippen molar-refractivity contribution < 1.29 is 9.59 Å². The summed E-state index contributed by atoms with van der Waals surface area (Å²) in [5.41, 5.74) is 0. The summed E-state index contributed by atoms with van der Waals surface area (Å²) in [6.45, 7) is 0.732. The Bertz CT molecular complexity index is 313. The van der Waals surface area contributed by atoms with E-state index in [4.69, 9.17) is 5.41 Å². The Labute approximate surface area is 82.2 Å². The first-order chi connectivity index (χ1) is 6.61. The fourth-order valence-corrected chi connectivity index (χ4v) is 2.02. The molecule has 0 spiro atoms. The predicted molar refractivity (Wildman–Crippen MR) is 49.8 cm³/mol. The minimum atomic E-state index is -0.400. The van der Waals surface area contributed by atoms with Crippen LogP contribution < -0.4 is 0 Å². The Morgan fingerprint density at radius 2 is 2.14 bits per heavy atom. The van der Waals surface area contributed by atoms with Gasteiger partial charge in [-0.1, -0.05) is 0 Å². The lowest BCUT2D eigenvalue weighted by Crippen LogP contribution is -2.41. The number of nitrogens with one attached hydrogen (secondary N) is 1. The van der Waals surface area contributed by atoms with Gasteiger partial charge in [-0.3, -0.25) is 19.9 Å². The van der Waals surface area contributed by atoms with E-state index >= 15 is 0 Å². The molecule has 0 aromatic carbocycles. The number of amidine groups is 1. The zero-order valence-electron chi connectivity index (χ0n) is 8.12. The number of carbonyl (C=O) groups excluding carboxylic acids is 2. The van der Waals surface area contributed by atoms with Crippen LogP contribution in [0.5, 0.6) is 0 Å². The summed E-state index contributed by atoms with van der Waals surface area (Å²) in [7, 11) is 1.50. The standard InChI is InChI=1S/C9H13N3O2/c1-11-8(13)5-6(9(11)14)12-4-2-3-7(12)10/h6,10H,2-5H2,1H3. The highest BCUT2D eigenvalue weighted by Gasteiger charge is 2.41. The van der Waals surface area contributed by atoms with Crippen LogP contribution in [0.1, 0.15) is 19.3 Å². The lowest BCUT2D eigenvalue weighted by molar-refractivity contribution is -0.137. The summed E-state index contributed by atoms with van der Waals surface area (Å²) in [4.78, 5) is 25.8. The minimum Gasteiger partial charge on any atom is -0.348 e. The number of hydrogen-bond donors (Lipinski definition) is 1. The molecule has 0 bridgehead atoms. The highest BCUT2D eigenvalue weighted by Crippen LogP contribution is 2.22. The first-order valence-corrected chi connectivity index (χ1v) is 4.75. The third-order valence-corrected chi connectivity index (χ3v) is 2.89. The molecule has 1 atom stereocenters. The van der Waals surface area contributed by atoms with Crippen molar-refractivity contribution >= 4 is 17.6 Å². The number of likely N-dealkylation sites (tertiary alicyclic amines) is 2. The number of amides is 2. The highest BCUT2D eigenvalue weighted by atomic mass is 16.2. The fourth-order valence-electron chi connectivity index (χ4n) is 2.02. The quantitative estimate of drug-likeness (QED) is 0.590. The number of likely N-dealkylation sites (N-methyl/N-ethyl adjacent to an activating group) is 1. The van der Waals surface area contributed by atoms with Crippen LogP contribution in [0.4, 0.5) is 0 Å². The second-order valence-electron chi connectivity index (χ2n) is 3.75. The average Bonchev–Trinajstić information content (AvgIpc) is 2.66. The summed E-state index contributed by atoms with van der Waals surface area (Å²) >= 11 is 0. The molecule has 0 saturated carbocycles. The van der Waals surface area contributed by atoms with Gasteiger partial charge in [-0.15, -0.1) is 0 Å². The maximum atomic E-state index is 11.6. The van der Waals surface area contributed by atoms with Crippen LogP contribution >= 0.6 is 0 Å². The molecule has 1 N–H and O–H groups in total. The van der Waals surface area contributed by atoms with E-state index in [9.17, 15) is 9.59 Å². The monoisotopic (exact) mass is 195 g/mol. The predicted octanol–water partition coefficient (Wildman–Crippen LogP) is -0.183. The van der Waals surface area contributed by atoms with Gasteiger partial charge in [-0.05, 0) is 6.42 Å². The van der Waals surface area contributed by atoms with Gasteiger partial charge in [-0.25, -0.2) is 0 Å². The molecule has 0 radical (unpaired) electrons. The lowest BCUT2D eigenvalue weighted by Gasteiger charge is -2.23. The average molecular weight is 195 g/mol. The van der Waals surface area contributed by atoms with E-state index in [2.05, 4.69) is 0 Å². The van der Waals surface area contributed by atoms with Crippen molar-refractivity contribution in [2.24, 2.45) is 0 Å². The van der Waals surface area contributed by atoms with Crippen LogP contribution in [0.3, 0.4) is 0 Å². The van der Waals surface area contributed by atoms with Gasteiger partial charge >= 0.3 is 0 Å². The van der Waals surface area contributed by atoms with E-state index in [-0.39, 0.29) is 18.2 Å². The number of rotatable bonds is 1. The molecule has 0 aromatic rings. The molecule has 2 heterocycles. The second-order valence-corrected chi connectivity index (χ2v) is 3.75. The zero-order chi connectivity index (χ0) is 10.3. The summed E-state index contributed by atoms with van der Waals surface area (Å²) in [6, 6.07) is -0.400. The number of nitrogens with zero attached hydrogens (tertiary/aromatic N) is 2. The molecule has 2 rings (SSSR count). The van der Waals surface area contributed by atoms with Crippen molar-refractivity contribution in [3.05, 3.63) is 0 Å². The number of hydrogen-bond acceptors (Lipinski definition) is 3. The van der Waals surface area contributed by atoms with Gasteiger partial charge in [-0.2, -0.15) is 0 Å². The van der Waals surface area contributed by atoms with Crippen molar-refractivity contribution in [2.75, 3.05) is 13.6 Å². The van der Waals surface area contributed by atoms with Crippen molar-refractivity contribution in [3.63, 3.8) is 0 Å². The first kappa shape index (κ1) is 9.18. The van der Waals surface area contributed by atoms with E-state index in [1.165, 1.54) is 7.05 Å². The zero-order valence-corrected chi connectivity index (χ0v) is 8.12. The molecule has 2 amide bonds. The Hall–Kier alpha value is -1.39. The Balaban J connectivity index is 2.16. The van der Waals surface area contributed by atoms with Crippen LogP contribution in [0.25, 0.3) is 0 Å². The maximum Gasteiger partial charge on any atom is 0.252 e. The van der Waals surface area contributed by atoms with E-state index in [1.54, 1.807) is 4.90 Å². The molecule has 5 heteroatoms. The smallest absolute Gasteiger partial charge is 0.252 e. The summed E-state index contributed by atoms with van der Waals surface area (Å²) in [6.07, 6.45) is 1.87. The lowest BCUT2D eigenvalue weighted by atomic mass is 10.2.